The second kappa shape index (κ2) is 14.3. The van der Waals surface area contributed by atoms with Crippen molar-refractivity contribution in [1.82, 2.24) is 5.43 Å². The summed E-state index contributed by atoms with van der Waals surface area (Å²) in [4.78, 5) is 12.9. The number of nitrogens with one attached hydrogen (secondary N) is 1. The van der Waals surface area contributed by atoms with Crippen LogP contribution < -0.4 is 19.2 Å². The number of halogens is 4. The Morgan fingerprint density at radius 3 is 2.38 bits per heavy atom. The van der Waals surface area contributed by atoms with Crippen LogP contribution >= 0.6 is 50.7 Å². The van der Waals surface area contributed by atoms with E-state index >= 15 is 0 Å². The van der Waals surface area contributed by atoms with Gasteiger partial charge in [0.1, 0.15) is 13.2 Å². The summed E-state index contributed by atoms with van der Waals surface area (Å²) in [5.41, 5.74) is 3.78. The lowest BCUT2D eigenvalue weighted by Gasteiger charge is -2.24. The molecule has 0 heterocycles. The van der Waals surface area contributed by atoms with Crippen molar-refractivity contribution in [3.05, 3.63) is 116 Å². The summed E-state index contributed by atoms with van der Waals surface area (Å²) in [5, 5.41) is 4.71. The maximum atomic E-state index is 13.5. The van der Waals surface area contributed by atoms with Gasteiger partial charge >= 0.3 is 0 Å². The average Bonchev–Trinajstić information content (AvgIpc) is 2.98. The molecule has 0 atom stereocenters. The Morgan fingerprint density at radius 2 is 1.67 bits per heavy atom. The number of nitrogens with zero attached hydrogens (tertiary/aromatic N) is 2. The number of anilines is 1. The molecule has 0 aromatic heterocycles. The first-order valence-corrected chi connectivity index (χ1v) is 15.6. The Hall–Kier alpha value is -3.28. The summed E-state index contributed by atoms with van der Waals surface area (Å²) in [6, 6.07) is 22.9. The number of benzene rings is 4. The van der Waals surface area contributed by atoms with Crippen LogP contribution in [0.3, 0.4) is 0 Å². The second-order valence-electron chi connectivity index (χ2n) is 8.61. The third-order valence-electron chi connectivity index (χ3n) is 5.80. The standard InChI is InChI=1S/C29H23BrCl3N3O5S/c1-40-26-15-19(14-22(30)29(26)41-18-20-8-5-6-11-23(20)31)16-34-35-27(37)17-36(25-13-7-12-24(32)28(25)33)42(38,39)21-9-3-2-4-10-21/h2-16H,17-18H2,1H3,(H,35,37)/b34-16-. The molecule has 1 N–H and O–H groups in total. The van der Waals surface area contributed by atoms with Crippen LogP contribution in [0.2, 0.25) is 15.1 Å². The normalized spacial score (nSPS) is 11.4. The molecule has 4 rings (SSSR count). The lowest BCUT2D eigenvalue weighted by molar-refractivity contribution is -0.119. The molecule has 0 spiro atoms. The van der Waals surface area contributed by atoms with Gasteiger partial charge in [0.05, 0.1) is 38.4 Å². The van der Waals surface area contributed by atoms with Gasteiger partial charge in [-0.15, -0.1) is 0 Å². The van der Waals surface area contributed by atoms with Crippen LogP contribution in [0.15, 0.2) is 99.4 Å². The molecule has 1 amide bonds. The van der Waals surface area contributed by atoms with Crippen molar-refractivity contribution < 1.29 is 22.7 Å². The van der Waals surface area contributed by atoms with Gasteiger partial charge in [-0.1, -0.05) is 77.3 Å². The molecular weight excluding hydrogens is 689 g/mol. The monoisotopic (exact) mass is 709 g/mol. The summed E-state index contributed by atoms with van der Waals surface area (Å²) in [6.45, 7) is -0.395. The average molecular weight is 712 g/mol. The van der Waals surface area contributed by atoms with Gasteiger partial charge in [0.25, 0.3) is 15.9 Å². The fraction of sp³-hybridized carbons (Fsp3) is 0.103. The van der Waals surface area contributed by atoms with Crippen molar-refractivity contribution in [3.8, 4) is 11.5 Å². The van der Waals surface area contributed by atoms with Gasteiger partial charge in [0.2, 0.25) is 0 Å². The predicted molar refractivity (Wildman–Crippen MR) is 170 cm³/mol. The van der Waals surface area contributed by atoms with Crippen molar-refractivity contribution in [2.75, 3.05) is 18.0 Å². The van der Waals surface area contributed by atoms with E-state index in [1.54, 1.807) is 42.5 Å². The number of methoxy groups -OCH3 is 1. The van der Waals surface area contributed by atoms with Crippen molar-refractivity contribution >= 4 is 78.6 Å². The summed E-state index contributed by atoms with van der Waals surface area (Å²) in [5.74, 6) is 0.159. The van der Waals surface area contributed by atoms with Gasteiger partial charge in [-0.25, -0.2) is 13.8 Å². The van der Waals surface area contributed by atoms with E-state index in [4.69, 9.17) is 44.3 Å². The molecule has 42 heavy (non-hydrogen) atoms. The number of sulfonamides is 1. The van der Waals surface area contributed by atoms with E-state index in [2.05, 4.69) is 26.5 Å². The summed E-state index contributed by atoms with van der Waals surface area (Å²) in [7, 11) is -2.69. The molecule has 0 saturated carbocycles. The highest BCUT2D eigenvalue weighted by molar-refractivity contribution is 9.10. The molecule has 218 valence electrons. The summed E-state index contributed by atoms with van der Waals surface area (Å²) in [6.07, 6.45) is 1.38. The van der Waals surface area contributed by atoms with Crippen molar-refractivity contribution in [2.24, 2.45) is 5.10 Å². The number of ether oxygens (including phenoxy) is 2. The molecule has 0 aliphatic rings. The minimum Gasteiger partial charge on any atom is -0.493 e. The van der Waals surface area contributed by atoms with Crippen LogP contribution in [0.4, 0.5) is 5.69 Å². The molecule has 8 nitrogen and oxygen atoms in total. The van der Waals surface area contributed by atoms with Crippen molar-refractivity contribution in [2.45, 2.75) is 11.5 Å². The molecule has 0 aliphatic carbocycles. The Bertz CT molecular complexity index is 1720. The zero-order valence-electron chi connectivity index (χ0n) is 21.9. The van der Waals surface area contributed by atoms with E-state index in [9.17, 15) is 13.2 Å². The molecule has 0 unspecified atom stereocenters. The van der Waals surface area contributed by atoms with Gasteiger partial charge in [0.15, 0.2) is 11.5 Å². The van der Waals surface area contributed by atoms with Gasteiger partial charge in [-0.3, -0.25) is 9.10 Å². The first-order chi connectivity index (χ1) is 20.1. The highest BCUT2D eigenvalue weighted by Gasteiger charge is 2.29. The number of hydrazone groups is 1. The van der Waals surface area contributed by atoms with E-state index in [1.807, 2.05) is 18.2 Å². The van der Waals surface area contributed by atoms with Gasteiger partial charge in [-0.2, -0.15) is 5.10 Å². The fourth-order valence-electron chi connectivity index (χ4n) is 3.77. The van der Waals surface area contributed by atoms with Gasteiger partial charge in [-0.05, 0) is 64.0 Å². The van der Waals surface area contributed by atoms with Crippen LogP contribution in [0.1, 0.15) is 11.1 Å². The minimum atomic E-state index is -4.18. The fourth-order valence-corrected chi connectivity index (χ4v) is 6.43. The molecule has 0 radical (unpaired) electrons. The molecule has 13 heteroatoms. The zero-order valence-corrected chi connectivity index (χ0v) is 26.6. The number of hydrogen-bond acceptors (Lipinski definition) is 6. The smallest absolute Gasteiger partial charge is 0.264 e. The SMILES string of the molecule is COc1cc(/C=N\NC(=O)CN(c2cccc(Cl)c2Cl)S(=O)(=O)c2ccccc2)cc(Br)c1OCc1ccccc1Cl. The van der Waals surface area contributed by atoms with Crippen LogP contribution in [-0.4, -0.2) is 34.2 Å². The maximum Gasteiger partial charge on any atom is 0.264 e. The van der Waals surface area contributed by atoms with Crippen molar-refractivity contribution in [1.29, 1.82) is 0 Å². The Balaban J connectivity index is 1.51. The first-order valence-electron chi connectivity index (χ1n) is 12.2. The molecule has 4 aromatic rings. The number of carbonyl (C=O) groups is 1. The highest BCUT2D eigenvalue weighted by Crippen LogP contribution is 2.37. The summed E-state index contributed by atoms with van der Waals surface area (Å²) < 4.78 is 39.9. The van der Waals surface area contributed by atoms with E-state index in [1.165, 1.54) is 37.6 Å². The van der Waals surface area contributed by atoms with E-state index in [0.717, 1.165) is 9.87 Å². The number of carbonyl (C=O) groups excluding carboxylic acids is 1. The molecule has 0 saturated heterocycles. The van der Waals surface area contributed by atoms with E-state index < -0.39 is 22.5 Å². The van der Waals surface area contributed by atoms with E-state index in [-0.39, 0.29) is 27.2 Å². The quantitative estimate of drug-likeness (QED) is 0.130. The number of amides is 1. The molecular formula is C29H23BrCl3N3O5S. The Kier molecular flexibility index (Phi) is 10.7. The largest absolute Gasteiger partial charge is 0.493 e. The topological polar surface area (TPSA) is 97.3 Å². The maximum absolute atomic E-state index is 13.5. The lowest BCUT2D eigenvalue weighted by Crippen LogP contribution is -2.39. The van der Waals surface area contributed by atoms with Gasteiger partial charge < -0.3 is 9.47 Å². The van der Waals surface area contributed by atoms with Crippen LogP contribution in [0.5, 0.6) is 11.5 Å². The predicted octanol–water partition coefficient (Wildman–Crippen LogP) is 7.34. The molecule has 4 aromatic carbocycles. The lowest BCUT2D eigenvalue weighted by atomic mass is 10.2. The third-order valence-corrected chi connectivity index (χ3v) is 9.34. The number of hydrogen-bond donors (Lipinski definition) is 1. The minimum absolute atomic E-state index is 0.0104. The molecule has 0 aliphatic heterocycles. The summed E-state index contributed by atoms with van der Waals surface area (Å²) >= 11 is 22.2. The molecule has 0 fully saturated rings. The highest BCUT2D eigenvalue weighted by atomic mass is 79.9. The third kappa shape index (κ3) is 7.56. The Morgan fingerprint density at radius 1 is 0.976 bits per heavy atom. The van der Waals surface area contributed by atoms with Crippen LogP contribution in [0.25, 0.3) is 0 Å². The molecule has 0 bridgehead atoms. The first kappa shape index (κ1) is 31.7. The van der Waals surface area contributed by atoms with Crippen LogP contribution in [0, 0.1) is 0 Å². The Labute approximate surface area is 267 Å². The number of rotatable bonds is 11. The van der Waals surface area contributed by atoms with Crippen LogP contribution in [-0.2, 0) is 21.4 Å². The van der Waals surface area contributed by atoms with Gasteiger partial charge in [0, 0.05) is 10.6 Å². The zero-order chi connectivity index (χ0) is 30.3. The van der Waals surface area contributed by atoms with Crippen molar-refractivity contribution in [3.63, 3.8) is 0 Å². The second-order valence-corrected chi connectivity index (χ2v) is 12.5. The van der Waals surface area contributed by atoms with E-state index in [0.29, 0.717) is 26.6 Å².